The molecule has 0 aliphatic rings. The Bertz CT molecular complexity index is 392. The lowest BCUT2D eigenvalue weighted by molar-refractivity contribution is -0.0499. The lowest BCUT2D eigenvalue weighted by atomic mass is 10.1. The first kappa shape index (κ1) is 11.7. The van der Waals surface area contributed by atoms with Crippen molar-refractivity contribution in [3.63, 3.8) is 0 Å². The summed E-state index contributed by atoms with van der Waals surface area (Å²) in [6.07, 6.45) is -1.41. The lowest BCUT2D eigenvalue weighted by Gasteiger charge is -2.08. The number of nitriles is 1. The fraction of sp³-hybridized carbons (Fsp3) is 0.222. The summed E-state index contributed by atoms with van der Waals surface area (Å²) >= 11 is 5.59. The van der Waals surface area contributed by atoms with E-state index in [1.165, 1.54) is 12.1 Å². The van der Waals surface area contributed by atoms with E-state index in [1.54, 1.807) is 6.07 Å². The van der Waals surface area contributed by atoms with Crippen molar-refractivity contribution in [3.8, 4) is 11.8 Å². The first-order valence-corrected chi connectivity index (χ1v) is 4.23. The molecular weight excluding hydrogens is 228 g/mol. The number of rotatable bonds is 3. The maximum Gasteiger partial charge on any atom is 0.387 e. The average molecular weight is 234 g/mol. The minimum absolute atomic E-state index is 0.109. The number of hydrogen-bond donors (Lipinski definition) is 1. The van der Waals surface area contributed by atoms with Gasteiger partial charge in [-0.2, -0.15) is 14.0 Å². The zero-order valence-corrected chi connectivity index (χ0v) is 8.08. The summed E-state index contributed by atoms with van der Waals surface area (Å²) in [6, 6.07) is 5.14. The molecule has 0 radical (unpaired) electrons. The lowest BCUT2D eigenvalue weighted by Crippen LogP contribution is -2.03. The van der Waals surface area contributed by atoms with Gasteiger partial charge in [0.1, 0.15) is 5.75 Å². The molecule has 0 bridgehead atoms. The Kier molecular flexibility index (Phi) is 3.83. The zero-order chi connectivity index (χ0) is 11.4. The van der Waals surface area contributed by atoms with Gasteiger partial charge in [-0.25, -0.2) is 0 Å². The van der Waals surface area contributed by atoms with Gasteiger partial charge in [0.15, 0.2) is 6.10 Å². The number of nitrogens with zero attached hydrogens (tertiary/aromatic N) is 1. The van der Waals surface area contributed by atoms with E-state index in [0.717, 1.165) is 6.07 Å². The summed E-state index contributed by atoms with van der Waals surface area (Å²) in [5.74, 6) is -0.193. The van der Waals surface area contributed by atoms with E-state index < -0.39 is 12.7 Å². The molecule has 1 aromatic rings. The van der Waals surface area contributed by atoms with Crippen molar-refractivity contribution in [1.29, 1.82) is 5.26 Å². The molecule has 3 nitrogen and oxygen atoms in total. The van der Waals surface area contributed by atoms with Crippen molar-refractivity contribution in [2.75, 3.05) is 0 Å². The summed E-state index contributed by atoms with van der Waals surface area (Å²) in [7, 11) is 0. The fourth-order valence-corrected chi connectivity index (χ4v) is 1.22. The molecule has 1 N–H and O–H groups in total. The highest BCUT2D eigenvalue weighted by Gasteiger charge is 2.11. The van der Waals surface area contributed by atoms with Crippen molar-refractivity contribution < 1.29 is 18.6 Å². The van der Waals surface area contributed by atoms with Gasteiger partial charge in [0.05, 0.1) is 6.07 Å². The molecule has 0 unspecified atom stereocenters. The van der Waals surface area contributed by atoms with Crippen molar-refractivity contribution in [2.24, 2.45) is 0 Å². The summed E-state index contributed by atoms with van der Waals surface area (Å²) in [5.41, 5.74) is 0.112. The maximum absolute atomic E-state index is 11.9. The van der Waals surface area contributed by atoms with Crippen LogP contribution in [0.5, 0.6) is 5.75 Å². The Balaban J connectivity index is 3.01. The van der Waals surface area contributed by atoms with Crippen LogP contribution in [0, 0.1) is 11.3 Å². The first-order valence-electron chi connectivity index (χ1n) is 3.86. The van der Waals surface area contributed by atoms with Crippen molar-refractivity contribution in [3.05, 3.63) is 28.8 Å². The summed E-state index contributed by atoms with van der Waals surface area (Å²) in [6.45, 7) is -2.98. The molecule has 0 amide bonds. The second kappa shape index (κ2) is 4.91. The number of ether oxygens (including phenoxy) is 1. The summed E-state index contributed by atoms with van der Waals surface area (Å²) in [4.78, 5) is 0. The van der Waals surface area contributed by atoms with Gasteiger partial charge in [0.25, 0.3) is 0 Å². The third-order valence-corrected chi connectivity index (χ3v) is 1.78. The van der Waals surface area contributed by atoms with E-state index >= 15 is 0 Å². The number of hydrogen-bond acceptors (Lipinski definition) is 3. The normalized spacial score (nSPS) is 12.3. The largest absolute Gasteiger partial charge is 0.435 e. The molecule has 0 aliphatic carbocycles. The molecule has 1 rings (SSSR count). The standard InChI is InChI=1S/C9H6ClF2NO2/c10-6-1-5(8(14)4-13)2-7(3-6)15-9(11)12/h1-3,8-9,14H/t8-/m1/s1. The molecule has 80 valence electrons. The smallest absolute Gasteiger partial charge is 0.387 e. The Morgan fingerprint density at radius 2 is 2.07 bits per heavy atom. The van der Waals surface area contributed by atoms with E-state index in [9.17, 15) is 8.78 Å². The highest BCUT2D eigenvalue weighted by molar-refractivity contribution is 6.30. The van der Waals surface area contributed by atoms with Crippen LogP contribution in [0.3, 0.4) is 0 Å². The number of benzene rings is 1. The molecular formula is C9H6ClF2NO2. The van der Waals surface area contributed by atoms with Gasteiger partial charge >= 0.3 is 6.61 Å². The molecule has 0 fully saturated rings. The molecule has 0 aliphatic heterocycles. The molecule has 15 heavy (non-hydrogen) atoms. The highest BCUT2D eigenvalue weighted by atomic mass is 35.5. The Morgan fingerprint density at radius 3 is 2.60 bits per heavy atom. The van der Waals surface area contributed by atoms with Gasteiger partial charge < -0.3 is 9.84 Å². The number of alkyl halides is 2. The quantitative estimate of drug-likeness (QED) is 0.816. The topological polar surface area (TPSA) is 53.2 Å². The predicted octanol–water partition coefficient (Wildman–Crippen LogP) is 2.50. The summed E-state index contributed by atoms with van der Waals surface area (Å²) in [5, 5.41) is 17.7. The van der Waals surface area contributed by atoms with Gasteiger partial charge in [-0.15, -0.1) is 0 Å². The molecule has 6 heteroatoms. The number of aliphatic hydroxyl groups is 1. The van der Waals surface area contributed by atoms with E-state index in [4.69, 9.17) is 22.0 Å². The van der Waals surface area contributed by atoms with Crippen LogP contribution >= 0.6 is 11.6 Å². The van der Waals surface area contributed by atoms with Crippen molar-refractivity contribution >= 4 is 11.6 Å². The van der Waals surface area contributed by atoms with Crippen molar-refractivity contribution in [2.45, 2.75) is 12.7 Å². The Morgan fingerprint density at radius 1 is 1.40 bits per heavy atom. The van der Waals surface area contributed by atoms with Crippen LogP contribution in [0.1, 0.15) is 11.7 Å². The van der Waals surface area contributed by atoms with E-state index in [-0.39, 0.29) is 16.3 Å². The van der Waals surface area contributed by atoms with Gasteiger partial charge in [0, 0.05) is 5.02 Å². The van der Waals surface area contributed by atoms with Crippen LogP contribution in [0.2, 0.25) is 5.02 Å². The van der Waals surface area contributed by atoms with Crippen LogP contribution in [-0.4, -0.2) is 11.7 Å². The van der Waals surface area contributed by atoms with Crippen molar-refractivity contribution in [1.82, 2.24) is 0 Å². The molecule has 1 atom stereocenters. The highest BCUT2D eigenvalue weighted by Crippen LogP contribution is 2.25. The Hall–Kier alpha value is -1.38. The third kappa shape index (κ3) is 3.35. The second-order valence-electron chi connectivity index (χ2n) is 2.63. The van der Waals surface area contributed by atoms with E-state index in [0.29, 0.717) is 0 Å². The van der Waals surface area contributed by atoms with Gasteiger partial charge in [-0.1, -0.05) is 11.6 Å². The number of aliphatic hydroxyl groups excluding tert-OH is 1. The van der Waals surface area contributed by atoms with Crippen LogP contribution in [-0.2, 0) is 0 Å². The van der Waals surface area contributed by atoms with Gasteiger partial charge in [-0.3, -0.25) is 0 Å². The summed E-state index contributed by atoms with van der Waals surface area (Å²) < 4.78 is 27.8. The molecule has 1 aromatic carbocycles. The van der Waals surface area contributed by atoms with Crippen LogP contribution in [0.4, 0.5) is 8.78 Å². The minimum Gasteiger partial charge on any atom is -0.435 e. The van der Waals surface area contributed by atoms with Crippen LogP contribution in [0.25, 0.3) is 0 Å². The second-order valence-corrected chi connectivity index (χ2v) is 3.07. The monoisotopic (exact) mass is 233 g/mol. The predicted molar refractivity (Wildman–Crippen MR) is 48.7 cm³/mol. The molecule has 0 aromatic heterocycles. The first-order chi connectivity index (χ1) is 7.02. The van der Waals surface area contributed by atoms with E-state index in [1.807, 2.05) is 0 Å². The third-order valence-electron chi connectivity index (χ3n) is 1.56. The van der Waals surface area contributed by atoms with E-state index in [2.05, 4.69) is 4.74 Å². The van der Waals surface area contributed by atoms with Gasteiger partial charge in [0.2, 0.25) is 0 Å². The minimum atomic E-state index is -2.98. The average Bonchev–Trinajstić information content (AvgIpc) is 2.14. The Labute approximate surface area is 89.5 Å². The molecule has 0 spiro atoms. The SMILES string of the molecule is N#C[C@@H](O)c1cc(Cl)cc(OC(F)F)c1. The number of halogens is 3. The molecule has 0 heterocycles. The molecule has 0 saturated heterocycles. The van der Waals surface area contributed by atoms with Crippen LogP contribution in [0.15, 0.2) is 18.2 Å². The zero-order valence-electron chi connectivity index (χ0n) is 7.32. The van der Waals surface area contributed by atoms with Crippen LogP contribution < -0.4 is 4.74 Å². The van der Waals surface area contributed by atoms with Gasteiger partial charge in [-0.05, 0) is 23.8 Å². The fourth-order valence-electron chi connectivity index (χ4n) is 0.988. The molecule has 0 saturated carbocycles. The maximum atomic E-state index is 11.9.